The highest BCUT2D eigenvalue weighted by molar-refractivity contribution is 5.98. The molecule has 2 rings (SSSR count). The molecule has 0 fully saturated rings. The summed E-state index contributed by atoms with van der Waals surface area (Å²) >= 11 is 0. The second-order valence-corrected chi connectivity index (χ2v) is 4.21. The van der Waals surface area contributed by atoms with Crippen molar-refractivity contribution in [3.05, 3.63) is 53.6 Å². The van der Waals surface area contributed by atoms with Crippen molar-refractivity contribution in [1.82, 2.24) is 0 Å². The molecule has 0 heterocycles. The van der Waals surface area contributed by atoms with E-state index in [1.165, 1.54) is 18.2 Å². The zero-order chi connectivity index (χ0) is 15.4. The van der Waals surface area contributed by atoms with Crippen molar-refractivity contribution < 1.29 is 18.3 Å². The number of nitrogens with one attached hydrogen (secondary N) is 1. The Hall–Kier alpha value is -2.63. The molecule has 0 saturated carbocycles. The zero-order valence-electron chi connectivity index (χ0n) is 11.3. The van der Waals surface area contributed by atoms with Crippen molar-refractivity contribution >= 4 is 23.0 Å². The van der Waals surface area contributed by atoms with Crippen LogP contribution in [0.1, 0.15) is 17.3 Å². The van der Waals surface area contributed by atoms with Gasteiger partial charge in [-0.15, -0.1) is 0 Å². The molecule has 0 aromatic heterocycles. The Bertz CT molecular complexity index is 654. The summed E-state index contributed by atoms with van der Waals surface area (Å²) in [6, 6.07) is 8.05. The lowest BCUT2D eigenvalue weighted by Gasteiger charge is -2.13. The van der Waals surface area contributed by atoms with Gasteiger partial charge in [0.15, 0.2) is 0 Å². The highest BCUT2D eigenvalue weighted by atomic mass is 19.1. The van der Waals surface area contributed by atoms with Gasteiger partial charge in [0.1, 0.15) is 17.3 Å². The van der Waals surface area contributed by atoms with Crippen molar-refractivity contribution in [2.45, 2.75) is 6.92 Å². The van der Waals surface area contributed by atoms with Gasteiger partial charge in [0, 0.05) is 0 Å². The summed E-state index contributed by atoms with van der Waals surface area (Å²) in [7, 11) is 0. The van der Waals surface area contributed by atoms with Gasteiger partial charge in [-0.2, -0.15) is 0 Å². The van der Waals surface area contributed by atoms with Crippen LogP contribution in [-0.2, 0) is 4.74 Å². The fourth-order valence-electron chi connectivity index (χ4n) is 1.81. The summed E-state index contributed by atoms with van der Waals surface area (Å²) in [4.78, 5) is 11.7. The topological polar surface area (TPSA) is 64.3 Å². The van der Waals surface area contributed by atoms with Gasteiger partial charge in [-0.3, -0.25) is 0 Å². The summed E-state index contributed by atoms with van der Waals surface area (Å²) in [5.74, 6) is -2.10. The average molecular weight is 292 g/mol. The number of esters is 1. The van der Waals surface area contributed by atoms with E-state index in [4.69, 9.17) is 10.5 Å². The van der Waals surface area contributed by atoms with E-state index in [9.17, 15) is 13.6 Å². The molecular weight excluding hydrogens is 278 g/mol. The Morgan fingerprint density at radius 3 is 2.43 bits per heavy atom. The second-order valence-electron chi connectivity index (χ2n) is 4.21. The molecule has 0 bridgehead atoms. The van der Waals surface area contributed by atoms with E-state index in [-0.39, 0.29) is 29.2 Å². The van der Waals surface area contributed by atoms with Crippen LogP contribution < -0.4 is 11.1 Å². The number of rotatable bonds is 4. The first kappa shape index (κ1) is 14.8. The Morgan fingerprint density at radius 1 is 1.19 bits per heavy atom. The molecule has 0 saturated heterocycles. The number of nitrogens with two attached hydrogens (primary N) is 1. The Balaban J connectivity index is 2.37. The summed E-state index contributed by atoms with van der Waals surface area (Å²) in [6.45, 7) is 1.88. The van der Waals surface area contributed by atoms with Crippen LogP contribution in [0.4, 0.5) is 25.8 Å². The van der Waals surface area contributed by atoms with Gasteiger partial charge < -0.3 is 15.8 Å². The van der Waals surface area contributed by atoms with Gasteiger partial charge in [-0.05, 0) is 31.2 Å². The lowest BCUT2D eigenvalue weighted by atomic mass is 10.1. The third-order valence-electron chi connectivity index (χ3n) is 2.82. The number of hydrogen-bond donors (Lipinski definition) is 2. The number of carbonyl (C=O) groups is 1. The molecule has 2 aromatic rings. The van der Waals surface area contributed by atoms with Gasteiger partial charge >= 0.3 is 5.97 Å². The molecule has 110 valence electrons. The predicted octanol–water partition coefficient (Wildman–Crippen LogP) is 3.47. The van der Waals surface area contributed by atoms with Crippen LogP contribution in [0.5, 0.6) is 0 Å². The van der Waals surface area contributed by atoms with Gasteiger partial charge in [0.05, 0.1) is 23.5 Å². The summed E-state index contributed by atoms with van der Waals surface area (Å²) in [5.41, 5.74) is 5.96. The van der Waals surface area contributed by atoms with Crippen molar-refractivity contribution in [3.63, 3.8) is 0 Å². The van der Waals surface area contributed by atoms with Crippen LogP contribution in [0.25, 0.3) is 0 Å². The van der Waals surface area contributed by atoms with E-state index in [0.717, 1.165) is 12.1 Å². The average Bonchev–Trinajstić information content (AvgIpc) is 2.45. The number of ether oxygens (including phenoxy) is 1. The number of anilines is 3. The maximum Gasteiger partial charge on any atom is 0.340 e. The van der Waals surface area contributed by atoms with Crippen LogP contribution in [0.2, 0.25) is 0 Å². The zero-order valence-corrected chi connectivity index (χ0v) is 11.3. The monoisotopic (exact) mass is 292 g/mol. The normalized spacial score (nSPS) is 10.2. The van der Waals surface area contributed by atoms with E-state index >= 15 is 0 Å². The third kappa shape index (κ3) is 3.10. The number of halogens is 2. The molecule has 0 amide bonds. The summed E-state index contributed by atoms with van der Waals surface area (Å²) in [5, 5.41) is 2.56. The molecule has 0 aliphatic heterocycles. The van der Waals surface area contributed by atoms with Crippen LogP contribution >= 0.6 is 0 Å². The summed E-state index contributed by atoms with van der Waals surface area (Å²) in [6.07, 6.45) is 0. The first-order valence-corrected chi connectivity index (χ1v) is 6.31. The number of carbonyl (C=O) groups excluding carboxylic acids is 1. The van der Waals surface area contributed by atoms with Crippen LogP contribution in [-0.4, -0.2) is 12.6 Å². The minimum atomic E-state index is -0.754. The molecule has 0 aliphatic rings. The molecule has 2 aromatic carbocycles. The fraction of sp³-hybridized carbons (Fsp3) is 0.133. The third-order valence-corrected chi connectivity index (χ3v) is 2.82. The van der Waals surface area contributed by atoms with Crippen molar-refractivity contribution in [1.29, 1.82) is 0 Å². The molecule has 6 heteroatoms. The number of hydrogen-bond acceptors (Lipinski definition) is 4. The number of para-hydroxylation sites is 2. The Morgan fingerprint density at radius 2 is 1.81 bits per heavy atom. The van der Waals surface area contributed by atoms with Gasteiger partial charge in [0.2, 0.25) is 0 Å². The summed E-state index contributed by atoms with van der Waals surface area (Å²) < 4.78 is 32.1. The molecular formula is C15H14F2N2O2. The Labute approximate surface area is 120 Å². The van der Waals surface area contributed by atoms with Crippen molar-refractivity contribution in [2.24, 2.45) is 0 Å². The van der Waals surface area contributed by atoms with Crippen molar-refractivity contribution in [3.8, 4) is 0 Å². The largest absolute Gasteiger partial charge is 0.462 e. The van der Waals surface area contributed by atoms with Crippen molar-refractivity contribution in [2.75, 3.05) is 17.7 Å². The van der Waals surface area contributed by atoms with E-state index < -0.39 is 17.6 Å². The van der Waals surface area contributed by atoms with E-state index in [2.05, 4.69) is 5.32 Å². The predicted molar refractivity (Wildman–Crippen MR) is 76.5 cm³/mol. The SMILES string of the molecule is CCOC(=O)c1cccc(Nc2c(F)cccc2F)c1N. The lowest BCUT2D eigenvalue weighted by molar-refractivity contribution is 0.0527. The maximum atomic E-state index is 13.6. The first-order valence-electron chi connectivity index (χ1n) is 6.31. The minimum absolute atomic E-state index is 0.0682. The smallest absolute Gasteiger partial charge is 0.340 e. The molecule has 0 spiro atoms. The van der Waals surface area contributed by atoms with E-state index in [1.54, 1.807) is 13.0 Å². The van der Waals surface area contributed by atoms with Gasteiger partial charge in [-0.1, -0.05) is 12.1 Å². The molecule has 0 radical (unpaired) electrons. The highest BCUT2D eigenvalue weighted by Crippen LogP contribution is 2.29. The second kappa shape index (κ2) is 6.21. The molecule has 3 N–H and O–H groups in total. The maximum absolute atomic E-state index is 13.6. The first-order chi connectivity index (χ1) is 10.0. The quantitative estimate of drug-likeness (QED) is 0.669. The fourth-order valence-corrected chi connectivity index (χ4v) is 1.81. The Kier molecular flexibility index (Phi) is 4.37. The van der Waals surface area contributed by atoms with Gasteiger partial charge in [0.25, 0.3) is 0 Å². The van der Waals surface area contributed by atoms with Crippen LogP contribution in [0, 0.1) is 11.6 Å². The van der Waals surface area contributed by atoms with E-state index in [1.807, 2.05) is 0 Å². The number of benzene rings is 2. The molecule has 21 heavy (non-hydrogen) atoms. The molecule has 0 unspecified atom stereocenters. The highest BCUT2D eigenvalue weighted by Gasteiger charge is 2.15. The molecule has 0 atom stereocenters. The lowest BCUT2D eigenvalue weighted by Crippen LogP contribution is -2.10. The number of nitrogen functional groups attached to an aromatic ring is 1. The van der Waals surface area contributed by atoms with E-state index in [0.29, 0.717) is 0 Å². The van der Waals surface area contributed by atoms with Gasteiger partial charge in [-0.25, -0.2) is 13.6 Å². The molecule has 4 nitrogen and oxygen atoms in total. The van der Waals surface area contributed by atoms with Crippen LogP contribution in [0.15, 0.2) is 36.4 Å². The standard InChI is InChI=1S/C15H14F2N2O2/c1-2-21-15(20)9-5-3-8-12(13(9)18)19-14-10(16)6-4-7-11(14)17/h3-8,19H,2,18H2,1H3. The van der Waals surface area contributed by atoms with Crippen LogP contribution in [0.3, 0.4) is 0 Å². The molecule has 0 aliphatic carbocycles. The minimum Gasteiger partial charge on any atom is -0.462 e.